The van der Waals surface area contributed by atoms with Crippen molar-refractivity contribution in [1.82, 2.24) is 33.7 Å². The summed E-state index contributed by atoms with van der Waals surface area (Å²) in [6.45, 7) is 8.50. The van der Waals surface area contributed by atoms with Gasteiger partial charge in [-0.15, -0.1) is 11.0 Å². The van der Waals surface area contributed by atoms with Crippen LogP contribution in [0.25, 0.3) is 16.9 Å². The molecule has 11 nitrogen and oxygen atoms in total. The number of aryl methyl sites for hydroxylation is 3. The Kier molecular flexibility index (Phi) is 6.20. The Bertz CT molecular complexity index is 1600. The quantitative estimate of drug-likeness (QED) is 0.386. The number of hydrogen-bond donors (Lipinski definition) is 0. The van der Waals surface area contributed by atoms with Crippen molar-refractivity contribution in [1.29, 1.82) is 0 Å². The lowest BCUT2D eigenvalue weighted by Gasteiger charge is -2.27. The first-order valence-electron chi connectivity index (χ1n) is 11.8. The molecule has 4 heterocycles. The van der Waals surface area contributed by atoms with E-state index in [1.165, 1.54) is 9.13 Å². The van der Waals surface area contributed by atoms with E-state index >= 15 is 0 Å². The van der Waals surface area contributed by atoms with E-state index in [9.17, 15) is 9.59 Å². The smallest absolute Gasteiger partial charge is 0.332 e. The zero-order valence-electron chi connectivity index (χ0n) is 20.9. The molecule has 5 rings (SSSR count). The minimum atomic E-state index is -0.465. The number of morpholine rings is 1. The van der Waals surface area contributed by atoms with Crippen molar-refractivity contribution in [2.75, 3.05) is 31.2 Å². The van der Waals surface area contributed by atoms with Crippen LogP contribution in [0.2, 0.25) is 0 Å². The summed E-state index contributed by atoms with van der Waals surface area (Å²) in [5, 5.41) is 8.45. The fraction of sp³-hybridized carbons (Fsp3) is 0.400. The van der Waals surface area contributed by atoms with Gasteiger partial charge in [0.2, 0.25) is 5.95 Å². The predicted octanol–water partition coefficient (Wildman–Crippen LogP) is 1.00. The van der Waals surface area contributed by atoms with Crippen LogP contribution in [0.15, 0.2) is 34.0 Å². The number of fused-ring (bicyclic) bond motifs is 1. The maximum atomic E-state index is 13.7. The Morgan fingerprint density at radius 2 is 1.78 bits per heavy atom. The second-order valence-electron chi connectivity index (χ2n) is 8.93. The van der Waals surface area contributed by atoms with E-state index in [0.717, 1.165) is 16.8 Å². The number of rotatable bonds is 5. The average molecular weight is 489 g/mol. The number of nitrogens with zero attached hydrogens (tertiary/aromatic N) is 8. The minimum Gasteiger partial charge on any atom is -0.378 e. The van der Waals surface area contributed by atoms with Crippen molar-refractivity contribution < 1.29 is 4.74 Å². The van der Waals surface area contributed by atoms with Crippen LogP contribution in [-0.2, 0) is 24.9 Å². The second-order valence-corrected chi connectivity index (χ2v) is 8.93. The summed E-state index contributed by atoms with van der Waals surface area (Å²) in [6.07, 6.45) is 1.74. The largest absolute Gasteiger partial charge is 0.378 e. The maximum Gasteiger partial charge on any atom is 0.332 e. The molecule has 0 radical (unpaired) electrons. The summed E-state index contributed by atoms with van der Waals surface area (Å²) in [4.78, 5) is 33.7. The van der Waals surface area contributed by atoms with Crippen LogP contribution in [0.3, 0.4) is 0 Å². The van der Waals surface area contributed by atoms with Crippen molar-refractivity contribution in [3.05, 3.63) is 62.1 Å². The van der Waals surface area contributed by atoms with E-state index < -0.39 is 11.2 Å². The van der Waals surface area contributed by atoms with Gasteiger partial charge in [0.25, 0.3) is 5.56 Å². The minimum absolute atomic E-state index is 0.0102. The van der Waals surface area contributed by atoms with Gasteiger partial charge in [0.05, 0.1) is 38.2 Å². The fourth-order valence-electron chi connectivity index (χ4n) is 4.55. The standard InChI is InChI=1S/C25H28N8O3/c1-5-6-7-31-21-22(26-24(31)30-8-10-36-11-9-30)29(4)25(35)32(23(21)34)15-19-16-33(28-27-19)20-13-17(2)12-18(3)14-20/h12-14,16H,7-11,15H2,1-4H3. The van der Waals surface area contributed by atoms with Crippen LogP contribution in [-0.4, -0.2) is 60.0 Å². The Hall–Kier alpha value is -4.17. The summed E-state index contributed by atoms with van der Waals surface area (Å²) >= 11 is 0. The SMILES string of the molecule is CC#CCn1c(N2CCOCC2)nc2c1c(=O)n(Cc1cn(-c3cc(C)cc(C)c3)nn1)c(=O)n2C. The first kappa shape index (κ1) is 23.6. The van der Waals surface area contributed by atoms with E-state index in [2.05, 4.69) is 33.1 Å². The molecule has 0 atom stereocenters. The summed E-state index contributed by atoms with van der Waals surface area (Å²) in [6, 6.07) is 6.09. The lowest BCUT2D eigenvalue weighted by molar-refractivity contribution is 0.121. The van der Waals surface area contributed by atoms with Gasteiger partial charge in [0.15, 0.2) is 11.2 Å². The van der Waals surface area contributed by atoms with Crippen LogP contribution in [0.1, 0.15) is 23.7 Å². The molecule has 0 bridgehead atoms. The molecule has 0 spiro atoms. The van der Waals surface area contributed by atoms with Gasteiger partial charge in [-0.2, -0.15) is 4.98 Å². The molecule has 11 heteroatoms. The number of imidazole rings is 1. The molecule has 0 saturated carbocycles. The van der Waals surface area contributed by atoms with Crippen LogP contribution >= 0.6 is 0 Å². The molecule has 0 N–H and O–H groups in total. The molecular weight excluding hydrogens is 460 g/mol. The normalized spacial score (nSPS) is 13.7. The molecule has 186 valence electrons. The zero-order chi connectivity index (χ0) is 25.4. The van der Waals surface area contributed by atoms with E-state index in [0.29, 0.717) is 49.1 Å². The lowest BCUT2D eigenvalue weighted by Crippen LogP contribution is -2.40. The van der Waals surface area contributed by atoms with Crippen molar-refractivity contribution >= 4 is 17.1 Å². The monoisotopic (exact) mass is 488 g/mol. The van der Waals surface area contributed by atoms with Crippen molar-refractivity contribution in [2.45, 2.75) is 33.9 Å². The molecule has 3 aromatic heterocycles. The van der Waals surface area contributed by atoms with E-state index in [1.807, 2.05) is 26.0 Å². The van der Waals surface area contributed by atoms with Gasteiger partial charge < -0.3 is 9.64 Å². The summed E-state index contributed by atoms with van der Waals surface area (Å²) in [7, 11) is 1.62. The molecular formula is C25H28N8O3. The number of aromatic nitrogens is 7. The molecule has 1 aromatic carbocycles. The van der Waals surface area contributed by atoms with E-state index in [1.54, 1.807) is 29.4 Å². The first-order valence-corrected chi connectivity index (χ1v) is 11.8. The first-order chi connectivity index (χ1) is 17.4. The van der Waals surface area contributed by atoms with Crippen molar-refractivity contribution in [3.8, 4) is 17.5 Å². The van der Waals surface area contributed by atoms with Crippen LogP contribution in [0, 0.1) is 25.7 Å². The molecule has 0 unspecified atom stereocenters. The fourth-order valence-corrected chi connectivity index (χ4v) is 4.55. The third-order valence-electron chi connectivity index (χ3n) is 6.25. The molecule has 1 aliphatic heterocycles. The van der Waals surface area contributed by atoms with Gasteiger partial charge in [-0.25, -0.2) is 9.48 Å². The second kappa shape index (κ2) is 9.47. The Morgan fingerprint density at radius 3 is 2.47 bits per heavy atom. The Morgan fingerprint density at radius 1 is 1.06 bits per heavy atom. The number of benzene rings is 1. The highest BCUT2D eigenvalue weighted by atomic mass is 16.5. The highest BCUT2D eigenvalue weighted by Gasteiger charge is 2.24. The van der Waals surface area contributed by atoms with Gasteiger partial charge in [0.1, 0.15) is 5.69 Å². The molecule has 0 aliphatic carbocycles. The zero-order valence-corrected chi connectivity index (χ0v) is 20.9. The maximum absolute atomic E-state index is 13.7. The number of anilines is 1. The third kappa shape index (κ3) is 4.20. The van der Waals surface area contributed by atoms with E-state index in [4.69, 9.17) is 9.72 Å². The Labute approximate surface area is 207 Å². The average Bonchev–Trinajstić information content (AvgIpc) is 3.49. The highest BCUT2D eigenvalue weighted by molar-refractivity contribution is 5.75. The van der Waals surface area contributed by atoms with Gasteiger partial charge in [-0.1, -0.05) is 17.2 Å². The van der Waals surface area contributed by atoms with E-state index in [-0.39, 0.29) is 13.1 Å². The summed E-state index contributed by atoms with van der Waals surface area (Å²) < 4.78 is 11.5. The molecule has 1 saturated heterocycles. The topological polar surface area (TPSA) is 105 Å². The molecule has 1 aliphatic rings. The molecule has 36 heavy (non-hydrogen) atoms. The third-order valence-corrected chi connectivity index (χ3v) is 6.25. The molecule has 0 amide bonds. The van der Waals surface area contributed by atoms with Gasteiger partial charge in [-0.3, -0.25) is 18.5 Å². The number of ether oxygens (including phenoxy) is 1. The predicted molar refractivity (Wildman–Crippen MR) is 136 cm³/mol. The van der Waals surface area contributed by atoms with Crippen LogP contribution in [0.4, 0.5) is 5.95 Å². The summed E-state index contributed by atoms with van der Waals surface area (Å²) in [5.41, 5.74) is 3.36. The molecule has 1 fully saturated rings. The Balaban J connectivity index is 1.60. The van der Waals surface area contributed by atoms with Gasteiger partial charge >= 0.3 is 5.69 Å². The van der Waals surface area contributed by atoms with Crippen molar-refractivity contribution in [3.63, 3.8) is 0 Å². The number of hydrogen-bond acceptors (Lipinski definition) is 7. The molecule has 4 aromatic rings. The summed E-state index contributed by atoms with van der Waals surface area (Å²) in [5.74, 6) is 6.54. The van der Waals surface area contributed by atoms with Crippen molar-refractivity contribution in [2.24, 2.45) is 7.05 Å². The van der Waals surface area contributed by atoms with Crippen LogP contribution in [0.5, 0.6) is 0 Å². The highest BCUT2D eigenvalue weighted by Crippen LogP contribution is 2.20. The van der Waals surface area contributed by atoms with Crippen LogP contribution < -0.4 is 16.1 Å². The van der Waals surface area contributed by atoms with Gasteiger partial charge in [0, 0.05) is 20.1 Å². The van der Waals surface area contributed by atoms with Gasteiger partial charge in [-0.05, 0) is 44.0 Å². The lowest BCUT2D eigenvalue weighted by atomic mass is 10.1.